The van der Waals surface area contributed by atoms with Gasteiger partial charge in [-0.15, -0.1) is 0 Å². The van der Waals surface area contributed by atoms with Crippen molar-refractivity contribution < 1.29 is 0 Å². The van der Waals surface area contributed by atoms with Crippen LogP contribution in [-0.4, -0.2) is 0 Å². The Balaban J connectivity index is 0.921. The van der Waals surface area contributed by atoms with Gasteiger partial charge in [0.1, 0.15) is 0 Å². The van der Waals surface area contributed by atoms with Gasteiger partial charge < -0.3 is 14.7 Å². The van der Waals surface area contributed by atoms with Gasteiger partial charge in [-0.05, 0) is 171 Å². The molecule has 0 N–H and O–H groups in total. The van der Waals surface area contributed by atoms with Crippen LogP contribution in [0.3, 0.4) is 0 Å². The molecule has 12 aromatic rings. The van der Waals surface area contributed by atoms with Gasteiger partial charge in [-0.1, -0.05) is 206 Å². The van der Waals surface area contributed by atoms with Crippen LogP contribution in [0, 0.1) is 0 Å². The molecule has 0 bridgehead atoms. The van der Waals surface area contributed by atoms with Crippen molar-refractivity contribution in [1.29, 1.82) is 0 Å². The van der Waals surface area contributed by atoms with Crippen LogP contribution in [0.2, 0.25) is 0 Å². The molecule has 0 saturated carbocycles. The zero-order valence-electron chi connectivity index (χ0n) is 41.4. The summed E-state index contributed by atoms with van der Waals surface area (Å²) in [6, 6.07) is 113. The van der Waals surface area contributed by atoms with E-state index < -0.39 is 0 Å². The van der Waals surface area contributed by atoms with Crippen LogP contribution in [0.1, 0.15) is 16.7 Å². The topological polar surface area (TPSA) is 9.72 Å². The van der Waals surface area contributed by atoms with E-state index in [0.717, 1.165) is 56.7 Å². The molecule has 12 aromatic carbocycles. The highest BCUT2D eigenvalue weighted by molar-refractivity contribution is 6.05. The standard InChI is InChI=1S/C72H53N3/c1-7-21-54(22-8-1)55-35-37-58(38-36-55)72(56-23-9-2-10-24-56)53-59-41-52-70(71-34-20-19-33-69(59)71)57-39-42-64(43-40-57)75(67-48-44-65(45-49-67)73(60-25-11-3-12-26-60)61-27-13-4-14-28-61)68-50-46-66(47-51-68)74(62-29-15-5-16-30-62)63-31-17-6-18-32-63/h1-53H. The highest BCUT2D eigenvalue weighted by Crippen LogP contribution is 2.43. The number of rotatable bonds is 14. The Morgan fingerprint density at radius 3 is 0.920 bits per heavy atom. The van der Waals surface area contributed by atoms with E-state index in [1.165, 1.54) is 49.7 Å². The monoisotopic (exact) mass is 959 g/mol. The van der Waals surface area contributed by atoms with Crippen molar-refractivity contribution in [2.24, 2.45) is 0 Å². The Bertz CT molecular complexity index is 3600. The quantitative estimate of drug-likeness (QED) is 0.101. The second kappa shape index (κ2) is 21.4. The maximum absolute atomic E-state index is 2.36. The predicted octanol–water partition coefficient (Wildman–Crippen LogP) is 20.2. The zero-order chi connectivity index (χ0) is 50.2. The Morgan fingerprint density at radius 2 is 0.507 bits per heavy atom. The van der Waals surface area contributed by atoms with Crippen LogP contribution < -0.4 is 14.7 Å². The lowest BCUT2D eigenvalue weighted by Crippen LogP contribution is -2.13. The summed E-state index contributed by atoms with van der Waals surface area (Å²) in [5, 5.41) is 2.41. The summed E-state index contributed by atoms with van der Waals surface area (Å²) in [6.07, 6.45) is 2.36. The predicted molar refractivity (Wildman–Crippen MR) is 319 cm³/mol. The lowest BCUT2D eigenvalue weighted by atomic mass is 9.90. The number of nitrogens with zero attached hydrogens (tertiary/aromatic N) is 3. The van der Waals surface area contributed by atoms with E-state index in [1.54, 1.807) is 0 Å². The van der Waals surface area contributed by atoms with Gasteiger partial charge in [0.05, 0.1) is 0 Å². The van der Waals surface area contributed by atoms with Gasteiger partial charge >= 0.3 is 0 Å². The van der Waals surface area contributed by atoms with Gasteiger partial charge in [-0.2, -0.15) is 0 Å². The van der Waals surface area contributed by atoms with Crippen LogP contribution in [0.25, 0.3) is 44.7 Å². The first-order valence-corrected chi connectivity index (χ1v) is 25.6. The third-order valence-electron chi connectivity index (χ3n) is 13.9. The van der Waals surface area contributed by atoms with Gasteiger partial charge in [-0.3, -0.25) is 0 Å². The second-order valence-electron chi connectivity index (χ2n) is 18.5. The molecule has 0 aromatic heterocycles. The fourth-order valence-corrected chi connectivity index (χ4v) is 10.2. The Kier molecular flexibility index (Phi) is 13.2. The molecule has 356 valence electrons. The first kappa shape index (κ1) is 46.1. The molecule has 3 nitrogen and oxygen atoms in total. The molecule has 12 rings (SSSR count). The molecule has 0 aliphatic carbocycles. The minimum Gasteiger partial charge on any atom is -0.311 e. The number of anilines is 9. The Hall–Kier alpha value is -9.96. The van der Waals surface area contributed by atoms with Crippen molar-refractivity contribution in [1.82, 2.24) is 0 Å². The normalized spacial score (nSPS) is 11.3. The molecule has 0 spiro atoms. The van der Waals surface area contributed by atoms with Crippen molar-refractivity contribution in [3.8, 4) is 22.3 Å². The van der Waals surface area contributed by atoms with Crippen molar-refractivity contribution in [2.75, 3.05) is 14.7 Å². The number of benzene rings is 12. The lowest BCUT2D eigenvalue weighted by Gasteiger charge is -2.29. The second-order valence-corrected chi connectivity index (χ2v) is 18.5. The minimum absolute atomic E-state index is 1.05. The third kappa shape index (κ3) is 9.87. The summed E-state index contributed by atoms with van der Waals surface area (Å²) in [4.78, 5) is 6.96. The third-order valence-corrected chi connectivity index (χ3v) is 13.9. The van der Waals surface area contributed by atoms with E-state index >= 15 is 0 Å². The summed E-state index contributed by atoms with van der Waals surface area (Å²) in [5.74, 6) is 0. The van der Waals surface area contributed by atoms with E-state index in [1.807, 2.05) is 0 Å². The summed E-state index contributed by atoms with van der Waals surface area (Å²) >= 11 is 0. The summed E-state index contributed by atoms with van der Waals surface area (Å²) in [7, 11) is 0. The molecule has 0 atom stereocenters. The van der Waals surface area contributed by atoms with E-state index in [0.29, 0.717) is 0 Å². The van der Waals surface area contributed by atoms with Crippen LogP contribution in [0.15, 0.2) is 315 Å². The fraction of sp³-hybridized carbons (Fsp3) is 0. The van der Waals surface area contributed by atoms with Crippen LogP contribution in [-0.2, 0) is 0 Å². The summed E-state index contributed by atoms with van der Waals surface area (Å²) < 4.78 is 0. The first-order valence-electron chi connectivity index (χ1n) is 25.6. The van der Waals surface area contributed by atoms with Gasteiger partial charge in [-0.25, -0.2) is 0 Å². The van der Waals surface area contributed by atoms with Crippen LogP contribution in [0.5, 0.6) is 0 Å². The molecule has 0 radical (unpaired) electrons. The molecule has 0 fully saturated rings. The number of hydrogen-bond donors (Lipinski definition) is 0. The molecule has 75 heavy (non-hydrogen) atoms. The maximum Gasteiger partial charge on any atom is 0.0463 e. The van der Waals surface area contributed by atoms with Crippen LogP contribution >= 0.6 is 0 Å². The molecule has 3 heteroatoms. The SMILES string of the molecule is C(=C(c1ccccc1)c1ccc(-c2ccccc2)cc1)c1ccc(-c2ccc(N(c3ccc(N(c4ccccc4)c4ccccc4)cc3)c3ccc(N(c4ccccc4)c4ccccc4)cc3)cc2)c2ccccc12. The molecular formula is C72H53N3. The van der Waals surface area contributed by atoms with Crippen molar-refractivity contribution in [2.45, 2.75) is 0 Å². The molecule has 0 heterocycles. The fourth-order valence-electron chi connectivity index (χ4n) is 10.2. The zero-order valence-corrected chi connectivity index (χ0v) is 41.4. The molecule has 0 unspecified atom stereocenters. The smallest absolute Gasteiger partial charge is 0.0463 e. The molecule has 0 saturated heterocycles. The highest BCUT2D eigenvalue weighted by atomic mass is 15.2. The molecular weight excluding hydrogens is 907 g/mol. The van der Waals surface area contributed by atoms with Crippen molar-refractivity contribution in [3.05, 3.63) is 332 Å². The van der Waals surface area contributed by atoms with E-state index in [2.05, 4.69) is 336 Å². The van der Waals surface area contributed by atoms with E-state index in [9.17, 15) is 0 Å². The average molecular weight is 960 g/mol. The largest absolute Gasteiger partial charge is 0.311 e. The van der Waals surface area contributed by atoms with Crippen LogP contribution in [0.4, 0.5) is 51.2 Å². The summed E-state index contributed by atoms with van der Waals surface area (Å²) in [5.41, 5.74) is 19.2. The Morgan fingerprint density at radius 1 is 0.213 bits per heavy atom. The molecule has 0 amide bonds. The minimum atomic E-state index is 1.05. The van der Waals surface area contributed by atoms with E-state index in [4.69, 9.17) is 0 Å². The van der Waals surface area contributed by atoms with Gasteiger partial charge in [0.2, 0.25) is 0 Å². The number of fused-ring (bicyclic) bond motifs is 1. The number of para-hydroxylation sites is 4. The Labute approximate surface area is 440 Å². The van der Waals surface area contributed by atoms with Crippen molar-refractivity contribution >= 4 is 73.6 Å². The first-order chi connectivity index (χ1) is 37.2. The maximum atomic E-state index is 2.36. The lowest BCUT2D eigenvalue weighted by molar-refractivity contribution is 1.24. The molecule has 0 aliphatic heterocycles. The van der Waals surface area contributed by atoms with Gasteiger partial charge in [0, 0.05) is 51.2 Å². The molecule has 0 aliphatic rings. The number of hydrogen-bond acceptors (Lipinski definition) is 3. The van der Waals surface area contributed by atoms with Gasteiger partial charge in [0.15, 0.2) is 0 Å². The summed E-state index contributed by atoms with van der Waals surface area (Å²) in [6.45, 7) is 0. The highest BCUT2D eigenvalue weighted by Gasteiger charge is 2.19. The van der Waals surface area contributed by atoms with Crippen molar-refractivity contribution in [3.63, 3.8) is 0 Å². The van der Waals surface area contributed by atoms with Gasteiger partial charge in [0.25, 0.3) is 0 Å². The van der Waals surface area contributed by atoms with E-state index in [-0.39, 0.29) is 0 Å². The average Bonchev–Trinajstić information content (AvgIpc) is 3.49.